The maximum absolute atomic E-state index is 13.8. The van der Waals surface area contributed by atoms with Gasteiger partial charge >= 0.3 is 0 Å². The summed E-state index contributed by atoms with van der Waals surface area (Å²) >= 11 is 11.2. The number of thiophene rings is 1. The molecule has 90 valence electrons. The lowest BCUT2D eigenvalue weighted by Gasteiger charge is -2.11. The molecule has 0 bridgehead atoms. The van der Waals surface area contributed by atoms with Crippen molar-refractivity contribution >= 4 is 38.9 Å². The molecular formula is C12H9BrClFOS. The smallest absolute Gasteiger partial charge is 0.131 e. The first-order valence-corrected chi connectivity index (χ1v) is 6.94. The highest BCUT2D eigenvalue weighted by molar-refractivity contribution is 9.10. The van der Waals surface area contributed by atoms with Crippen LogP contribution in [0.4, 0.5) is 4.39 Å². The third-order valence-electron chi connectivity index (χ3n) is 2.36. The van der Waals surface area contributed by atoms with Crippen molar-refractivity contribution in [3.8, 4) is 5.75 Å². The zero-order chi connectivity index (χ0) is 12.4. The summed E-state index contributed by atoms with van der Waals surface area (Å²) in [5.41, 5.74) is 0.454. The zero-order valence-corrected chi connectivity index (χ0v) is 12.1. The van der Waals surface area contributed by atoms with Crippen LogP contribution < -0.4 is 4.74 Å². The largest absolute Gasteiger partial charge is 0.497 e. The molecule has 1 unspecified atom stereocenters. The van der Waals surface area contributed by atoms with Crippen LogP contribution in [0.25, 0.3) is 0 Å². The summed E-state index contributed by atoms with van der Waals surface area (Å²) in [4.78, 5) is 0.899. The summed E-state index contributed by atoms with van der Waals surface area (Å²) in [6, 6.07) is 6.59. The second-order valence-corrected chi connectivity index (χ2v) is 5.62. The number of hydrogen-bond acceptors (Lipinski definition) is 2. The Morgan fingerprint density at radius 3 is 2.71 bits per heavy atom. The number of hydrogen-bond donors (Lipinski definition) is 0. The minimum absolute atomic E-state index is 0.357. The van der Waals surface area contributed by atoms with Crippen LogP contribution >= 0.6 is 38.9 Å². The number of methoxy groups -OCH3 is 1. The van der Waals surface area contributed by atoms with Gasteiger partial charge in [-0.15, -0.1) is 22.9 Å². The van der Waals surface area contributed by atoms with E-state index >= 15 is 0 Å². The fraction of sp³-hybridized carbons (Fsp3) is 0.167. The monoisotopic (exact) mass is 334 g/mol. The van der Waals surface area contributed by atoms with Crippen molar-refractivity contribution in [3.63, 3.8) is 0 Å². The predicted molar refractivity (Wildman–Crippen MR) is 72.7 cm³/mol. The van der Waals surface area contributed by atoms with E-state index in [0.717, 1.165) is 9.35 Å². The molecule has 1 aromatic carbocycles. The van der Waals surface area contributed by atoms with Gasteiger partial charge in [-0.3, -0.25) is 0 Å². The number of rotatable bonds is 3. The quantitative estimate of drug-likeness (QED) is 0.718. The Bertz CT molecular complexity index is 529. The number of alkyl halides is 1. The van der Waals surface area contributed by atoms with Crippen molar-refractivity contribution < 1.29 is 9.13 Å². The molecule has 0 aliphatic carbocycles. The lowest BCUT2D eigenvalue weighted by Crippen LogP contribution is -1.96. The Labute approximate surface area is 116 Å². The highest BCUT2D eigenvalue weighted by Gasteiger charge is 2.19. The Morgan fingerprint density at radius 1 is 1.41 bits per heavy atom. The third kappa shape index (κ3) is 2.64. The van der Waals surface area contributed by atoms with Crippen LogP contribution in [0.3, 0.4) is 0 Å². The average Bonchev–Trinajstić information content (AvgIpc) is 2.74. The van der Waals surface area contributed by atoms with Crippen LogP contribution in [0.2, 0.25) is 0 Å². The van der Waals surface area contributed by atoms with Crippen molar-refractivity contribution in [3.05, 3.63) is 50.4 Å². The zero-order valence-electron chi connectivity index (χ0n) is 8.91. The van der Waals surface area contributed by atoms with Gasteiger partial charge in [0.1, 0.15) is 11.6 Å². The molecule has 1 aromatic heterocycles. The van der Waals surface area contributed by atoms with Crippen LogP contribution in [-0.4, -0.2) is 7.11 Å². The molecule has 2 aromatic rings. The molecule has 0 saturated heterocycles. The highest BCUT2D eigenvalue weighted by Crippen LogP contribution is 2.39. The second kappa shape index (κ2) is 5.38. The van der Waals surface area contributed by atoms with Crippen molar-refractivity contribution in [2.24, 2.45) is 0 Å². The van der Waals surface area contributed by atoms with E-state index in [9.17, 15) is 4.39 Å². The van der Waals surface area contributed by atoms with Crippen LogP contribution in [0.15, 0.2) is 34.1 Å². The molecule has 0 spiro atoms. The molecule has 0 N–H and O–H groups in total. The molecule has 17 heavy (non-hydrogen) atoms. The number of benzene rings is 1. The van der Waals surface area contributed by atoms with Crippen molar-refractivity contribution in [2.45, 2.75) is 5.38 Å². The van der Waals surface area contributed by atoms with Gasteiger partial charge in [0.15, 0.2) is 0 Å². The van der Waals surface area contributed by atoms with Gasteiger partial charge in [0.05, 0.1) is 12.5 Å². The SMILES string of the molecule is COc1ccc(C(Cl)c2sccc2Br)c(F)c1. The van der Waals surface area contributed by atoms with E-state index in [1.807, 2.05) is 11.4 Å². The second-order valence-electron chi connectivity index (χ2n) is 3.38. The topological polar surface area (TPSA) is 9.23 Å². The van der Waals surface area contributed by atoms with Gasteiger partial charge in [-0.25, -0.2) is 4.39 Å². The van der Waals surface area contributed by atoms with E-state index in [2.05, 4.69) is 15.9 Å². The predicted octanol–water partition coefficient (Wildman–Crippen LogP) is 4.99. The maximum Gasteiger partial charge on any atom is 0.131 e. The van der Waals surface area contributed by atoms with Gasteiger partial charge in [0.25, 0.3) is 0 Å². The Kier molecular flexibility index (Phi) is 4.07. The molecule has 0 saturated carbocycles. The summed E-state index contributed by atoms with van der Waals surface area (Å²) in [6.45, 7) is 0. The van der Waals surface area contributed by atoms with Crippen molar-refractivity contribution in [1.82, 2.24) is 0 Å². The summed E-state index contributed by atoms with van der Waals surface area (Å²) in [5, 5.41) is 1.42. The van der Waals surface area contributed by atoms with E-state index in [4.69, 9.17) is 16.3 Å². The minimum atomic E-state index is -0.490. The first-order chi connectivity index (χ1) is 8.13. The van der Waals surface area contributed by atoms with Gasteiger partial charge in [-0.05, 0) is 33.4 Å². The van der Waals surface area contributed by atoms with E-state index in [1.54, 1.807) is 12.1 Å². The highest BCUT2D eigenvalue weighted by atomic mass is 79.9. The molecule has 0 aliphatic heterocycles. The van der Waals surface area contributed by atoms with Gasteiger partial charge in [-0.2, -0.15) is 0 Å². The lowest BCUT2D eigenvalue weighted by molar-refractivity contribution is 0.411. The summed E-state index contributed by atoms with van der Waals surface area (Å²) in [5.74, 6) is 0.130. The van der Waals surface area contributed by atoms with Gasteiger partial charge < -0.3 is 4.74 Å². The number of ether oxygens (including phenoxy) is 1. The molecule has 2 rings (SSSR count). The van der Waals surface area contributed by atoms with E-state index in [-0.39, 0.29) is 5.82 Å². The molecule has 1 heterocycles. The molecule has 5 heteroatoms. The summed E-state index contributed by atoms with van der Waals surface area (Å²) in [7, 11) is 1.50. The summed E-state index contributed by atoms with van der Waals surface area (Å²) in [6.07, 6.45) is 0. The molecule has 0 radical (unpaired) electrons. The summed E-state index contributed by atoms with van der Waals surface area (Å²) < 4.78 is 19.7. The van der Waals surface area contributed by atoms with E-state index in [0.29, 0.717) is 11.3 Å². The van der Waals surface area contributed by atoms with Crippen molar-refractivity contribution in [1.29, 1.82) is 0 Å². The Morgan fingerprint density at radius 2 is 2.18 bits per heavy atom. The Balaban J connectivity index is 2.38. The molecule has 1 atom stereocenters. The fourth-order valence-electron chi connectivity index (χ4n) is 1.47. The average molecular weight is 336 g/mol. The fourth-order valence-corrected chi connectivity index (χ4v) is 3.64. The van der Waals surface area contributed by atoms with Crippen LogP contribution in [-0.2, 0) is 0 Å². The van der Waals surface area contributed by atoms with Crippen LogP contribution in [0.5, 0.6) is 5.75 Å². The number of halogens is 3. The molecule has 0 aliphatic rings. The molecular weight excluding hydrogens is 327 g/mol. The standard InChI is InChI=1S/C12H9BrClFOS/c1-16-7-2-3-8(10(15)6-7)11(14)12-9(13)4-5-17-12/h2-6,11H,1H3. The first kappa shape index (κ1) is 12.9. The van der Waals surface area contributed by atoms with E-state index in [1.165, 1.54) is 24.5 Å². The Hall–Kier alpha value is -0.580. The molecule has 1 nitrogen and oxygen atoms in total. The van der Waals surface area contributed by atoms with Crippen molar-refractivity contribution in [2.75, 3.05) is 7.11 Å². The van der Waals surface area contributed by atoms with Gasteiger partial charge in [0.2, 0.25) is 0 Å². The lowest BCUT2D eigenvalue weighted by atomic mass is 10.1. The maximum atomic E-state index is 13.8. The molecule has 0 amide bonds. The van der Waals surface area contributed by atoms with E-state index < -0.39 is 5.38 Å². The minimum Gasteiger partial charge on any atom is -0.497 e. The normalized spacial score (nSPS) is 12.5. The van der Waals surface area contributed by atoms with Gasteiger partial charge in [-0.1, -0.05) is 6.07 Å². The molecule has 0 fully saturated rings. The van der Waals surface area contributed by atoms with Crippen LogP contribution in [0.1, 0.15) is 15.8 Å². The van der Waals surface area contributed by atoms with Gasteiger partial charge in [0, 0.05) is 21.0 Å². The van der Waals surface area contributed by atoms with Crippen LogP contribution in [0, 0.1) is 5.82 Å². The first-order valence-electron chi connectivity index (χ1n) is 4.84. The third-order valence-corrected chi connectivity index (χ3v) is 4.87.